The molecule has 0 atom stereocenters. The fraction of sp³-hybridized carbons (Fsp3) is 0.227. The van der Waals surface area contributed by atoms with Crippen LogP contribution in [0, 0.1) is 0 Å². The van der Waals surface area contributed by atoms with Gasteiger partial charge in [-0.15, -0.1) is 0 Å². The van der Waals surface area contributed by atoms with Crippen molar-refractivity contribution in [3.05, 3.63) is 66.7 Å². The lowest BCUT2D eigenvalue weighted by Crippen LogP contribution is -2.41. The number of rotatable bonds is 6. The van der Waals surface area contributed by atoms with Crippen LogP contribution in [0.5, 0.6) is 0 Å². The first-order valence-electron chi connectivity index (χ1n) is 9.71. The first-order chi connectivity index (χ1) is 14.5. The molecule has 1 saturated heterocycles. The highest BCUT2D eigenvalue weighted by Crippen LogP contribution is 2.22. The summed E-state index contributed by atoms with van der Waals surface area (Å²) in [6, 6.07) is 19.2. The molecule has 2 N–H and O–H groups in total. The highest BCUT2D eigenvalue weighted by molar-refractivity contribution is 7.92. The smallest absolute Gasteiger partial charge is 0.261 e. The Hall–Kier alpha value is -2.94. The van der Waals surface area contributed by atoms with Crippen molar-refractivity contribution in [1.29, 1.82) is 0 Å². The van der Waals surface area contributed by atoms with E-state index >= 15 is 0 Å². The Bertz CT molecular complexity index is 1140. The second-order valence-electron chi connectivity index (χ2n) is 7.13. The third kappa shape index (κ3) is 4.96. The molecule has 0 unspecified atom stereocenters. The topological polar surface area (TPSA) is 87.7 Å². The SMILES string of the molecule is O=C(CN1CCOCC1)Nc1ccc(NS(=O)(=O)c2ccc3ccccc3c2)cc1. The van der Waals surface area contributed by atoms with E-state index in [-0.39, 0.29) is 10.8 Å². The van der Waals surface area contributed by atoms with Crippen molar-refractivity contribution >= 4 is 38.1 Å². The number of sulfonamides is 1. The van der Waals surface area contributed by atoms with Crippen molar-refractivity contribution < 1.29 is 17.9 Å². The predicted molar refractivity (Wildman–Crippen MR) is 117 cm³/mol. The molecule has 0 saturated carbocycles. The largest absolute Gasteiger partial charge is 0.379 e. The number of nitrogens with one attached hydrogen (secondary N) is 2. The minimum Gasteiger partial charge on any atom is -0.379 e. The lowest BCUT2D eigenvalue weighted by molar-refractivity contribution is -0.118. The molecule has 1 heterocycles. The molecule has 30 heavy (non-hydrogen) atoms. The van der Waals surface area contributed by atoms with Crippen LogP contribution in [0.3, 0.4) is 0 Å². The molecule has 4 rings (SSSR count). The van der Waals surface area contributed by atoms with Gasteiger partial charge in [-0.25, -0.2) is 8.42 Å². The Labute approximate surface area is 175 Å². The molecule has 0 aromatic heterocycles. The van der Waals surface area contributed by atoms with Crippen molar-refractivity contribution in [2.45, 2.75) is 4.90 Å². The second-order valence-corrected chi connectivity index (χ2v) is 8.81. The summed E-state index contributed by atoms with van der Waals surface area (Å²) in [4.78, 5) is 14.4. The summed E-state index contributed by atoms with van der Waals surface area (Å²) in [5.74, 6) is -0.110. The number of carbonyl (C=O) groups excluding carboxylic acids is 1. The van der Waals surface area contributed by atoms with Crippen LogP contribution >= 0.6 is 0 Å². The maximum absolute atomic E-state index is 12.7. The lowest BCUT2D eigenvalue weighted by Gasteiger charge is -2.25. The number of hydrogen-bond acceptors (Lipinski definition) is 5. The quantitative estimate of drug-likeness (QED) is 0.634. The molecule has 1 aliphatic rings. The summed E-state index contributed by atoms with van der Waals surface area (Å²) >= 11 is 0. The Kier molecular flexibility index (Phi) is 5.98. The van der Waals surface area contributed by atoms with Gasteiger partial charge in [0.2, 0.25) is 5.91 Å². The Morgan fingerprint density at radius 3 is 2.30 bits per heavy atom. The first-order valence-corrected chi connectivity index (χ1v) is 11.2. The van der Waals surface area contributed by atoms with E-state index < -0.39 is 10.0 Å². The molecule has 0 radical (unpaired) electrons. The monoisotopic (exact) mass is 425 g/mol. The van der Waals surface area contributed by atoms with Gasteiger partial charge in [0, 0.05) is 24.5 Å². The van der Waals surface area contributed by atoms with Gasteiger partial charge >= 0.3 is 0 Å². The molecule has 3 aromatic carbocycles. The van der Waals surface area contributed by atoms with Crippen LogP contribution < -0.4 is 10.0 Å². The van der Waals surface area contributed by atoms with Crippen LogP contribution in [0.1, 0.15) is 0 Å². The van der Waals surface area contributed by atoms with E-state index in [4.69, 9.17) is 4.74 Å². The third-order valence-electron chi connectivity index (χ3n) is 4.92. The number of carbonyl (C=O) groups is 1. The standard InChI is InChI=1S/C22H23N3O4S/c26-22(16-25-11-13-29-14-12-25)23-19-6-8-20(9-7-19)24-30(27,28)21-10-5-17-3-1-2-4-18(17)15-21/h1-10,15,24H,11-14,16H2,(H,23,26). The van der Waals surface area contributed by atoms with E-state index in [1.54, 1.807) is 42.5 Å². The minimum atomic E-state index is -3.72. The van der Waals surface area contributed by atoms with Gasteiger partial charge in [-0.05, 0) is 47.2 Å². The number of morpholine rings is 1. The fourth-order valence-corrected chi connectivity index (χ4v) is 4.43. The van der Waals surface area contributed by atoms with Crippen LogP contribution in [0.2, 0.25) is 0 Å². The molecular formula is C22H23N3O4S. The summed E-state index contributed by atoms with van der Waals surface area (Å²) in [6.45, 7) is 3.06. The zero-order chi connectivity index (χ0) is 21.0. The van der Waals surface area contributed by atoms with Crippen molar-refractivity contribution in [2.75, 3.05) is 42.9 Å². The molecule has 0 aliphatic carbocycles. The number of hydrogen-bond donors (Lipinski definition) is 2. The molecule has 8 heteroatoms. The summed E-state index contributed by atoms with van der Waals surface area (Å²) in [6.07, 6.45) is 0. The van der Waals surface area contributed by atoms with Gasteiger partial charge in [-0.2, -0.15) is 0 Å². The minimum absolute atomic E-state index is 0.110. The molecular weight excluding hydrogens is 402 g/mol. The number of benzene rings is 3. The van der Waals surface area contributed by atoms with Gasteiger partial charge in [0.1, 0.15) is 0 Å². The molecule has 7 nitrogen and oxygen atoms in total. The van der Waals surface area contributed by atoms with Crippen LogP contribution in [-0.4, -0.2) is 52.1 Å². The third-order valence-corrected chi connectivity index (χ3v) is 6.30. The van der Waals surface area contributed by atoms with Gasteiger partial charge in [0.15, 0.2) is 0 Å². The summed E-state index contributed by atoms with van der Waals surface area (Å²) in [5.41, 5.74) is 1.04. The molecule has 3 aromatic rings. The number of anilines is 2. The summed E-state index contributed by atoms with van der Waals surface area (Å²) < 4.78 is 33.3. The van der Waals surface area contributed by atoms with E-state index in [2.05, 4.69) is 10.0 Å². The predicted octanol–water partition coefficient (Wildman–Crippen LogP) is 2.91. The summed E-state index contributed by atoms with van der Waals surface area (Å²) in [5, 5.41) is 4.67. The van der Waals surface area contributed by atoms with Gasteiger partial charge in [-0.3, -0.25) is 14.4 Å². The maximum Gasteiger partial charge on any atom is 0.261 e. The molecule has 0 spiro atoms. The van der Waals surface area contributed by atoms with Crippen molar-refractivity contribution in [2.24, 2.45) is 0 Å². The summed E-state index contributed by atoms with van der Waals surface area (Å²) in [7, 11) is -3.72. The van der Waals surface area contributed by atoms with Gasteiger partial charge in [0.25, 0.3) is 10.0 Å². The molecule has 1 aliphatic heterocycles. The molecule has 1 amide bonds. The average molecular weight is 426 g/mol. The maximum atomic E-state index is 12.7. The molecule has 156 valence electrons. The molecule has 1 fully saturated rings. The number of amides is 1. The highest BCUT2D eigenvalue weighted by Gasteiger charge is 2.16. The Morgan fingerprint density at radius 2 is 1.57 bits per heavy atom. The number of fused-ring (bicyclic) bond motifs is 1. The van der Waals surface area contributed by atoms with Crippen LogP contribution in [0.4, 0.5) is 11.4 Å². The van der Waals surface area contributed by atoms with E-state index in [1.165, 1.54) is 0 Å². The van der Waals surface area contributed by atoms with Crippen molar-refractivity contribution in [3.8, 4) is 0 Å². The van der Waals surface area contributed by atoms with Crippen LogP contribution in [0.25, 0.3) is 10.8 Å². The van der Waals surface area contributed by atoms with E-state index in [0.717, 1.165) is 23.9 Å². The fourth-order valence-electron chi connectivity index (χ4n) is 3.33. The Balaban J connectivity index is 1.40. The molecule has 0 bridgehead atoms. The first kappa shape index (κ1) is 20.3. The van der Waals surface area contributed by atoms with E-state index in [0.29, 0.717) is 31.1 Å². The van der Waals surface area contributed by atoms with Crippen molar-refractivity contribution in [3.63, 3.8) is 0 Å². The van der Waals surface area contributed by atoms with E-state index in [9.17, 15) is 13.2 Å². The lowest BCUT2D eigenvalue weighted by atomic mass is 10.1. The zero-order valence-electron chi connectivity index (χ0n) is 16.4. The zero-order valence-corrected chi connectivity index (χ0v) is 17.2. The van der Waals surface area contributed by atoms with Gasteiger partial charge < -0.3 is 10.1 Å². The number of ether oxygens (including phenoxy) is 1. The van der Waals surface area contributed by atoms with Crippen LogP contribution in [0.15, 0.2) is 71.6 Å². The van der Waals surface area contributed by atoms with Crippen molar-refractivity contribution in [1.82, 2.24) is 4.90 Å². The highest BCUT2D eigenvalue weighted by atomic mass is 32.2. The average Bonchev–Trinajstić information content (AvgIpc) is 2.75. The Morgan fingerprint density at radius 1 is 0.900 bits per heavy atom. The van der Waals surface area contributed by atoms with E-state index in [1.807, 2.05) is 29.2 Å². The number of nitrogens with zero attached hydrogens (tertiary/aromatic N) is 1. The second kappa shape index (κ2) is 8.83. The normalized spacial score (nSPS) is 15.1. The van der Waals surface area contributed by atoms with Crippen LogP contribution in [-0.2, 0) is 19.6 Å². The van der Waals surface area contributed by atoms with Gasteiger partial charge in [0.05, 0.1) is 24.7 Å². The van der Waals surface area contributed by atoms with Gasteiger partial charge in [-0.1, -0.05) is 30.3 Å².